The van der Waals surface area contributed by atoms with Crippen molar-refractivity contribution in [3.05, 3.63) is 41.6 Å². The molecule has 1 rings (SSSR count). The van der Waals surface area contributed by atoms with Gasteiger partial charge in [-0.25, -0.2) is 8.42 Å². The van der Waals surface area contributed by atoms with E-state index in [0.29, 0.717) is 0 Å². The fraction of sp³-hybridized carbons (Fsp3) is 0.125. The van der Waals surface area contributed by atoms with E-state index in [2.05, 4.69) is 0 Å². The van der Waals surface area contributed by atoms with Gasteiger partial charge >= 0.3 is 5.51 Å². The van der Waals surface area contributed by atoms with Gasteiger partial charge in [0.1, 0.15) is 5.75 Å². The highest BCUT2D eigenvalue weighted by atomic mass is 32.2. The molecule has 1 radical (unpaired) electrons. The van der Waals surface area contributed by atoms with Crippen LogP contribution in [0.5, 0.6) is 0 Å². The highest BCUT2D eigenvalue weighted by Gasteiger charge is 2.45. The Hall–Kier alpha value is -1.04. The van der Waals surface area contributed by atoms with E-state index in [0.717, 1.165) is 0 Å². The molecule has 0 atom stereocenters. The molecule has 2 nitrogen and oxygen atoms in total. The molecule has 0 saturated heterocycles. The van der Waals surface area contributed by atoms with Crippen molar-refractivity contribution in [3.63, 3.8) is 0 Å². The lowest BCUT2D eigenvalue weighted by Crippen LogP contribution is -2.23. The van der Waals surface area contributed by atoms with E-state index in [4.69, 9.17) is 0 Å². The molecule has 0 aliphatic carbocycles. The Labute approximate surface area is 79.3 Å². The minimum atomic E-state index is -5.23. The molecule has 0 aliphatic heterocycles. The summed E-state index contributed by atoms with van der Waals surface area (Å²) < 4.78 is 57.0. The Morgan fingerprint density at radius 1 is 1.07 bits per heavy atom. The van der Waals surface area contributed by atoms with Crippen molar-refractivity contribution in [2.45, 2.75) is 5.51 Å². The molecule has 0 bridgehead atoms. The van der Waals surface area contributed by atoms with Gasteiger partial charge < -0.3 is 0 Å². The minimum absolute atomic E-state index is 0.00447. The van der Waals surface area contributed by atoms with Crippen LogP contribution in [0.3, 0.4) is 0 Å². The molecule has 0 amide bonds. The van der Waals surface area contributed by atoms with Crippen LogP contribution in [0.25, 0.3) is 0 Å². The van der Waals surface area contributed by atoms with E-state index in [-0.39, 0.29) is 11.3 Å². The molecule has 0 unspecified atom stereocenters. The van der Waals surface area contributed by atoms with Crippen molar-refractivity contribution in [2.24, 2.45) is 0 Å². The SMILES string of the molecule is O=S(=O)([CH]c1ccccc1)C(F)(F)F. The lowest BCUT2D eigenvalue weighted by atomic mass is 10.2. The molecule has 77 valence electrons. The van der Waals surface area contributed by atoms with Gasteiger partial charge in [0, 0.05) is 0 Å². The molecular formula is C8H6F3O2S. The van der Waals surface area contributed by atoms with Crippen LogP contribution in [-0.2, 0) is 9.84 Å². The molecule has 1 aromatic carbocycles. The molecule has 14 heavy (non-hydrogen) atoms. The van der Waals surface area contributed by atoms with E-state index >= 15 is 0 Å². The summed E-state index contributed by atoms with van der Waals surface area (Å²) in [6.07, 6.45) is 0. The third kappa shape index (κ3) is 2.47. The van der Waals surface area contributed by atoms with Gasteiger partial charge in [-0.05, 0) is 5.56 Å². The summed E-state index contributed by atoms with van der Waals surface area (Å²) in [5.74, 6) is 0.201. The average molecular weight is 223 g/mol. The zero-order chi connectivity index (χ0) is 10.8. The summed E-state index contributed by atoms with van der Waals surface area (Å²) in [5, 5.41) is 0. The number of benzene rings is 1. The summed E-state index contributed by atoms with van der Waals surface area (Å²) in [5.41, 5.74) is -5.23. The number of sulfone groups is 1. The summed E-state index contributed by atoms with van der Waals surface area (Å²) in [6, 6.07) is 7.06. The summed E-state index contributed by atoms with van der Waals surface area (Å²) in [4.78, 5) is 0. The molecule has 6 heteroatoms. The molecule has 0 heterocycles. The van der Waals surface area contributed by atoms with Crippen molar-refractivity contribution in [1.82, 2.24) is 0 Å². The standard InChI is InChI=1S/C8H6F3O2S/c9-8(10,11)14(12,13)6-7-4-2-1-3-5-7/h1-6H. The largest absolute Gasteiger partial charge is 0.498 e. The van der Waals surface area contributed by atoms with Gasteiger partial charge in [0.05, 0.1) is 0 Å². The molecule has 0 spiro atoms. The quantitative estimate of drug-likeness (QED) is 0.769. The predicted octanol–water partition coefficient (Wildman–Crippen LogP) is 2.13. The first-order valence-corrected chi connectivity index (χ1v) is 5.09. The zero-order valence-corrected chi connectivity index (χ0v) is 7.64. The number of hydrogen-bond donors (Lipinski definition) is 0. The topological polar surface area (TPSA) is 34.1 Å². The van der Waals surface area contributed by atoms with Gasteiger partial charge in [0.25, 0.3) is 9.84 Å². The van der Waals surface area contributed by atoms with E-state index < -0.39 is 15.3 Å². The first-order valence-electron chi connectivity index (χ1n) is 3.54. The second-order valence-electron chi connectivity index (χ2n) is 2.52. The van der Waals surface area contributed by atoms with Crippen LogP contribution in [0.2, 0.25) is 0 Å². The molecule has 0 aliphatic rings. The Morgan fingerprint density at radius 2 is 1.57 bits per heavy atom. The molecule has 0 fully saturated rings. The van der Waals surface area contributed by atoms with Crippen molar-refractivity contribution < 1.29 is 21.6 Å². The maximum atomic E-state index is 11.9. The van der Waals surface area contributed by atoms with Crippen LogP contribution in [0.15, 0.2) is 30.3 Å². The van der Waals surface area contributed by atoms with E-state index in [1.807, 2.05) is 0 Å². The van der Waals surface area contributed by atoms with Crippen molar-refractivity contribution in [3.8, 4) is 0 Å². The first kappa shape index (κ1) is 11.0. The predicted molar refractivity (Wildman–Crippen MR) is 44.8 cm³/mol. The van der Waals surface area contributed by atoms with Crippen LogP contribution in [0.1, 0.15) is 5.56 Å². The van der Waals surface area contributed by atoms with Crippen LogP contribution in [0.4, 0.5) is 13.2 Å². The van der Waals surface area contributed by atoms with Crippen LogP contribution >= 0.6 is 0 Å². The number of hydrogen-bond acceptors (Lipinski definition) is 2. The molecule has 0 aromatic heterocycles. The Bertz CT molecular complexity index is 394. The normalized spacial score (nSPS) is 12.8. The molecule has 1 aromatic rings. The van der Waals surface area contributed by atoms with Crippen molar-refractivity contribution in [1.29, 1.82) is 0 Å². The van der Waals surface area contributed by atoms with Gasteiger partial charge in [0.2, 0.25) is 0 Å². The molecule has 0 N–H and O–H groups in total. The minimum Gasteiger partial charge on any atom is -0.219 e. The number of halogens is 3. The summed E-state index contributed by atoms with van der Waals surface area (Å²) >= 11 is 0. The molecule has 0 saturated carbocycles. The smallest absolute Gasteiger partial charge is 0.219 e. The zero-order valence-electron chi connectivity index (χ0n) is 6.82. The van der Waals surface area contributed by atoms with Gasteiger partial charge in [-0.1, -0.05) is 30.3 Å². The summed E-state index contributed by atoms with van der Waals surface area (Å²) in [7, 11) is -5.18. The highest BCUT2D eigenvalue weighted by molar-refractivity contribution is 7.94. The van der Waals surface area contributed by atoms with Crippen LogP contribution in [-0.4, -0.2) is 13.9 Å². The second kappa shape index (κ2) is 3.61. The van der Waals surface area contributed by atoms with Crippen molar-refractivity contribution >= 4 is 9.84 Å². The van der Waals surface area contributed by atoms with E-state index in [1.165, 1.54) is 24.3 Å². The highest BCUT2D eigenvalue weighted by Crippen LogP contribution is 2.27. The Kier molecular flexibility index (Phi) is 2.84. The second-order valence-corrected chi connectivity index (χ2v) is 4.31. The van der Waals surface area contributed by atoms with E-state index in [9.17, 15) is 21.6 Å². The number of rotatable bonds is 2. The fourth-order valence-electron chi connectivity index (χ4n) is 0.778. The third-order valence-corrected chi connectivity index (χ3v) is 2.64. The maximum Gasteiger partial charge on any atom is 0.498 e. The summed E-state index contributed by atoms with van der Waals surface area (Å²) in [6.45, 7) is 0. The van der Waals surface area contributed by atoms with E-state index in [1.54, 1.807) is 6.07 Å². The van der Waals surface area contributed by atoms with Crippen molar-refractivity contribution in [2.75, 3.05) is 0 Å². The van der Waals surface area contributed by atoms with Gasteiger partial charge in [-0.2, -0.15) is 13.2 Å². The first-order chi connectivity index (χ1) is 6.33. The third-order valence-electron chi connectivity index (χ3n) is 1.41. The Balaban J connectivity index is 2.91. The molecular weight excluding hydrogens is 217 g/mol. The Morgan fingerprint density at radius 3 is 2.00 bits per heavy atom. The van der Waals surface area contributed by atoms with Gasteiger partial charge in [-0.3, -0.25) is 0 Å². The monoisotopic (exact) mass is 223 g/mol. The fourth-order valence-corrected chi connectivity index (χ4v) is 1.43. The van der Waals surface area contributed by atoms with Gasteiger partial charge in [0.15, 0.2) is 0 Å². The van der Waals surface area contributed by atoms with Gasteiger partial charge in [-0.15, -0.1) is 0 Å². The lowest BCUT2D eigenvalue weighted by molar-refractivity contribution is -0.0427. The maximum absolute atomic E-state index is 11.9. The average Bonchev–Trinajstić information content (AvgIpc) is 2.03. The van der Waals surface area contributed by atoms with Crippen LogP contribution < -0.4 is 0 Å². The lowest BCUT2D eigenvalue weighted by Gasteiger charge is -2.06. The van der Waals surface area contributed by atoms with Crippen LogP contribution in [0, 0.1) is 5.75 Å². The number of alkyl halides is 3.